The molecule has 29 heavy (non-hydrogen) atoms. The molecule has 0 bridgehead atoms. The Labute approximate surface area is 177 Å². The third-order valence-corrected chi connectivity index (χ3v) is 6.06. The minimum atomic E-state index is -1.01. The lowest BCUT2D eigenvalue weighted by atomic mass is 10.1. The number of carbonyl (C=O) groups is 2. The van der Waals surface area contributed by atoms with Gasteiger partial charge in [-0.2, -0.15) is 0 Å². The first-order valence-corrected chi connectivity index (χ1v) is 10.4. The second kappa shape index (κ2) is 8.50. The largest absolute Gasteiger partial charge is 0.480 e. The van der Waals surface area contributed by atoms with Crippen molar-refractivity contribution in [2.75, 3.05) is 26.2 Å². The Kier molecular flexibility index (Phi) is 5.81. The van der Waals surface area contributed by atoms with Crippen molar-refractivity contribution in [3.8, 4) is 10.6 Å². The Morgan fingerprint density at radius 1 is 1.28 bits per heavy atom. The first-order chi connectivity index (χ1) is 14.0. The van der Waals surface area contributed by atoms with Gasteiger partial charge in [-0.3, -0.25) is 9.69 Å². The predicted octanol–water partition coefficient (Wildman–Crippen LogP) is 2.49. The molecule has 1 saturated heterocycles. The molecule has 4 rings (SSSR count). The van der Waals surface area contributed by atoms with Crippen molar-refractivity contribution in [1.29, 1.82) is 0 Å². The zero-order valence-corrected chi connectivity index (χ0v) is 17.1. The fourth-order valence-electron chi connectivity index (χ4n) is 3.36. The highest BCUT2D eigenvalue weighted by atomic mass is 35.5. The SMILES string of the molecule is O=C(O)C1C=CN(C(=O)N2CCN(Cc3ccc(Cl)c(-c4nccs4)c3)CC2)N1. The summed E-state index contributed by atoms with van der Waals surface area (Å²) in [6.07, 6.45) is 4.70. The maximum Gasteiger partial charge on any atom is 0.338 e. The van der Waals surface area contributed by atoms with Crippen LogP contribution < -0.4 is 5.43 Å². The molecular formula is C19H20ClN5O3S. The number of urea groups is 1. The Balaban J connectivity index is 1.33. The smallest absolute Gasteiger partial charge is 0.338 e. The summed E-state index contributed by atoms with van der Waals surface area (Å²) in [6, 6.07) is 4.89. The van der Waals surface area contributed by atoms with Crippen LogP contribution in [-0.2, 0) is 11.3 Å². The number of nitrogens with one attached hydrogen (secondary N) is 1. The number of aromatic nitrogens is 1. The van der Waals surface area contributed by atoms with Crippen LogP contribution in [0, 0.1) is 0 Å². The molecule has 2 amide bonds. The molecule has 0 spiro atoms. The Morgan fingerprint density at radius 3 is 2.72 bits per heavy atom. The fourth-order valence-corrected chi connectivity index (χ4v) is 4.29. The number of hydrogen-bond donors (Lipinski definition) is 2. The number of carbonyl (C=O) groups excluding carboxylic acids is 1. The molecule has 2 aromatic rings. The predicted molar refractivity (Wildman–Crippen MR) is 110 cm³/mol. The summed E-state index contributed by atoms with van der Waals surface area (Å²) in [7, 11) is 0. The Morgan fingerprint density at radius 2 is 2.07 bits per heavy atom. The maximum absolute atomic E-state index is 12.6. The topological polar surface area (TPSA) is 89.0 Å². The molecular weight excluding hydrogens is 414 g/mol. The average molecular weight is 434 g/mol. The maximum atomic E-state index is 12.6. The summed E-state index contributed by atoms with van der Waals surface area (Å²) < 4.78 is 0. The molecule has 2 N–H and O–H groups in total. The number of thiazole rings is 1. The number of piperazine rings is 1. The number of benzene rings is 1. The molecule has 10 heteroatoms. The van der Waals surface area contributed by atoms with Gasteiger partial charge in [-0.05, 0) is 23.8 Å². The van der Waals surface area contributed by atoms with Crippen molar-refractivity contribution in [1.82, 2.24) is 25.2 Å². The van der Waals surface area contributed by atoms with Gasteiger partial charge in [0, 0.05) is 56.1 Å². The van der Waals surface area contributed by atoms with Crippen molar-refractivity contribution in [2.45, 2.75) is 12.6 Å². The van der Waals surface area contributed by atoms with E-state index < -0.39 is 12.0 Å². The molecule has 0 radical (unpaired) electrons. The van der Waals surface area contributed by atoms with Crippen LogP contribution >= 0.6 is 22.9 Å². The first kappa shape index (κ1) is 19.8. The third-order valence-electron chi connectivity index (χ3n) is 4.92. The third kappa shape index (κ3) is 4.43. The van der Waals surface area contributed by atoms with E-state index in [9.17, 15) is 9.59 Å². The number of carboxylic acids is 1. The number of aliphatic carboxylic acids is 1. The summed E-state index contributed by atoms with van der Waals surface area (Å²) in [4.78, 5) is 31.9. The van der Waals surface area contributed by atoms with Gasteiger partial charge in [0.1, 0.15) is 11.0 Å². The minimum absolute atomic E-state index is 0.234. The average Bonchev–Trinajstić information content (AvgIpc) is 3.42. The second-order valence-electron chi connectivity index (χ2n) is 6.85. The summed E-state index contributed by atoms with van der Waals surface area (Å²) in [6.45, 7) is 3.40. The van der Waals surface area contributed by atoms with Gasteiger partial charge < -0.3 is 10.0 Å². The van der Waals surface area contributed by atoms with Gasteiger partial charge in [-0.25, -0.2) is 20.2 Å². The molecule has 152 valence electrons. The molecule has 2 aliphatic rings. The number of rotatable bonds is 4. The van der Waals surface area contributed by atoms with E-state index in [0.717, 1.165) is 35.8 Å². The normalized spacial score (nSPS) is 19.7. The van der Waals surface area contributed by atoms with Crippen LogP contribution in [0.5, 0.6) is 0 Å². The van der Waals surface area contributed by atoms with Crippen molar-refractivity contribution in [2.24, 2.45) is 0 Å². The van der Waals surface area contributed by atoms with Crippen LogP contribution in [-0.4, -0.2) is 69.1 Å². The highest BCUT2D eigenvalue weighted by molar-refractivity contribution is 7.13. The highest BCUT2D eigenvalue weighted by Gasteiger charge is 2.30. The molecule has 0 aliphatic carbocycles. The minimum Gasteiger partial charge on any atom is -0.480 e. The van der Waals surface area contributed by atoms with Crippen LogP contribution in [0.15, 0.2) is 42.1 Å². The van der Waals surface area contributed by atoms with E-state index in [4.69, 9.17) is 16.7 Å². The van der Waals surface area contributed by atoms with Crippen LogP contribution in [0.3, 0.4) is 0 Å². The van der Waals surface area contributed by atoms with E-state index in [2.05, 4.69) is 21.4 Å². The van der Waals surface area contributed by atoms with Crippen LogP contribution in [0.2, 0.25) is 5.02 Å². The Bertz CT molecular complexity index is 928. The van der Waals surface area contributed by atoms with Crippen LogP contribution in [0.4, 0.5) is 4.79 Å². The van der Waals surface area contributed by atoms with Gasteiger partial charge in [0.2, 0.25) is 0 Å². The number of nitrogens with zero attached hydrogens (tertiary/aromatic N) is 4. The van der Waals surface area contributed by atoms with Crippen molar-refractivity contribution in [3.63, 3.8) is 0 Å². The molecule has 1 fully saturated rings. The summed E-state index contributed by atoms with van der Waals surface area (Å²) in [5.41, 5.74) is 4.75. The van der Waals surface area contributed by atoms with E-state index in [1.807, 2.05) is 17.5 Å². The van der Waals surface area contributed by atoms with Crippen molar-refractivity contribution < 1.29 is 14.7 Å². The van der Waals surface area contributed by atoms with Crippen LogP contribution in [0.25, 0.3) is 10.6 Å². The molecule has 1 aromatic heterocycles. The summed E-state index contributed by atoms with van der Waals surface area (Å²) >= 11 is 7.89. The monoisotopic (exact) mass is 433 g/mol. The lowest BCUT2D eigenvalue weighted by molar-refractivity contribution is -0.138. The molecule has 1 unspecified atom stereocenters. The number of carboxylic acid groups (broad SMARTS) is 1. The fraction of sp³-hybridized carbons (Fsp3) is 0.316. The van der Waals surface area contributed by atoms with E-state index in [1.165, 1.54) is 17.3 Å². The standard InChI is InChI=1S/C19H20ClN5O3S/c20-15-2-1-13(11-14(15)17-21-4-10-29-17)12-23-6-8-24(9-7-23)19(28)25-5-3-16(22-25)18(26)27/h1-5,10-11,16,22H,6-9,12H2,(H,26,27). The highest BCUT2D eigenvalue weighted by Crippen LogP contribution is 2.30. The van der Waals surface area contributed by atoms with E-state index in [0.29, 0.717) is 18.1 Å². The Hall–Kier alpha value is -2.46. The van der Waals surface area contributed by atoms with Gasteiger partial charge >= 0.3 is 12.0 Å². The lowest BCUT2D eigenvalue weighted by Crippen LogP contribution is -2.54. The number of amides is 2. The number of hydrogen-bond acceptors (Lipinski definition) is 6. The van der Waals surface area contributed by atoms with Gasteiger partial charge in [0.25, 0.3) is 0 Å². The van der Waals surface area contributed by atoms with Gasteiger partial charge in [0.05, 0.1) is 5.02 Å². The van der Waals surface area contributed by atoms with Crippen molar-refractivity contribution >= 4 is 34.9 Å². The lowest BCUT2D eigenvalue weighted by Gasteiger charge is -2.36. The first-order valence-electron chi connectivity index (χ1n) is 9.17. The zero-order valence-electron chi connectivity index (χ0n) is 15.5. The molecule has 0 saturated carbocycles. The summed E-state index contributed by atoms with van der Waals surface area (Å²) in [5.74, 6) is -1.01. The quantitative estimate of drug-likeness (QED) is 0.770. The molecule has 1 aromatic carbocycles. The number of halogens is 1. The van der Waals surface area contributed by atoms with Gasteiger partial charge in [-0.15, -0.1) is 11.3 Å². The number of hydrazine groups is 1. The molecule has 3 heterocycles. The second-order valence-corrected chi connectivity index (χ2v) is 8.16. The van der Waals surface area contributed by atoms with Gasteiger partial charge in [0.15, 0.2) is 0 Å². The van der Waals surface area contributed by atoms with Gasteiger partial charge in [-0.1, -0.05) is 17.7 Å². The molecule has 2 aliphatic heterocycles. The molecule has 1 atom stereocenters. The zero-order chi connectivity index (χ0) is 20.4. The van der Waals surface area contributed by atoms with Crippen molar-refractivity contribution in [3.05, 3.63) is 52.6 Å². The van der Waals surface area contributed by atoms with Crippen LogP contribution in [0.1, 0.15) is 5.56 Å². The van der Waals surface area contributed by atoms with E-state index in [-0.39, 0.29) is 6.03 Å². The van der Waals surface area contributed by atoms with E-state index in [1.54, 1.807) is 22.4 Å². The summed E-state index contributed by atoms with van der Waals surface area (Å²) in [5, 5.41) is 13.8. The molecule has 8 nitrogen and oxygen atoms in total. The van der Waals surface area contributed by atoms with E-state index >= 15 is 0 Å².